The molecular weight excluding hydrogens is 468 g/mol. The second-order valence-electron chi connectivity index (χ2n) is 9.00. The highest BCUT2D eigenvalue weighted by Gasteiger charge is 2.41. The first kappa shape index (κ1) is 23.0. The summed E-state index contributed by atoms with van der Waals surface area (Å²) in [4.78, 5) is 4.52. The third kappa shape index (κ3) is 3.85. The molecule has 2 aliphatic heterocycles. The molecule has 4 aromatic rings. The molecule has 8 heteroatoms. The Bertz CT molecular complexity index is 1490. The van der Waals surface area contributed by atoms with Crippen LogP contribution < -0.4 is 24.3 Å². The maximum Gasteiger partial charge on any atom is 0.226 e. The second-order valence-corrected chi connectivity index (χ2v) is 9.00. The number of rotatable bonds is 6. The molecule has 188 valence electrons. The van der Waals surface area contributed by atoms with E-state index in [2.05, 4.69) is 46.6 Å². The summed E-state index contributed by atoms with van der Waals surface area (Å²) in [5.41, 5.74) is 6.14. The summed E-state index contributed by atoms with van der Waals surface area (Å²) in [5.74, 6) is 3.61. The minimum atomic E-state index is -0.371. The fourth-order valence-electron chi connectivity index (χ4n) is 5.11. The second kappa shape index (κ2) is 9.20. The van der Waals surface area contributed by atoms with Crippen LogP contribution in [-0.2, 0) is 0 Å². The first-order valence-electron chi connectivity index (χ1n) is 12.2. The lowest BCUT2D eigenvalue weighted by Gasteiger charge is -2.39. The van der Waals surface area contributed by atoms with Gasteiger partial charge in [-0.1, -0.05) is 29.8 Å². The Balaban J connectivity index is 1.58. The number of anilines is 1. The summed E-state index contributed by atoms with van der Waals surface area (Å²) in [6.45, 7) is 4.67. The van der Waals surface area contributed by atoms with Crippen molar-refractivity contribution in [1.82, 2.24) is 14.8 Å². The molecule has 0 amide bonds. The van der Waals surface area contributed by atoms with E-state index < -0.39 is 0 Å². The Labute approximate surface area is 215 Å². The Morgan fingerprint density at radius 2 is 1.73 bits per heavy atom. The first-order valence-corrected chi connectivity index (χ1v) is 12.2. The molecule has 0 saturated heterocycles. The molecule has 2 atom stereocenters. The average Bonchev–Trinajstić information content (AvgIpc) is 3.40. The van der Waals surface area contributed by atoms with E-state index >= 15 is 0 Å². The van der Waals surface area contributed by atoms with Crippen LogP contribution in [0.15, 0.2) is 72.6 Å². The number of hydrogen-bond acceptors (Lipinski definition) is 7. The zero-order valence-electron chi connectivity index (χ0n) is 21.2. The third-order valence-corrected chi connectivity index (χ3v) is 6.79. The summed E-state index contributed by atoms with van der Waals surface area (Å²) < 4.78 is 25.5. The predicted octanol–water partition coefficient (Wildman–Crippen LogP) is 5.56. The Morgan fingerprint density at radius 3 is 2.49 bits per heavy atom. The van der Waals surface area contributed by atoms with E-state index in [1.165, 1.54) is 0 Å². The minimum Gasteiger partial charge on any atom is -0.494 e. The molecule has 37 heavy (non-hydrogen) atoms. The van der Waals surface area contributed by atoms with Crippen molar-refractivity contribution in [2.75, 3.05) is 26.1 Å². The maximum atomic E-state index is 6.73. The van der Waals surface area contributed by atoms with Gasteiger partial charge in [-0.3, -0.25) is 0 Å². The Morgan fingerprint density at radius 1 is 0.946 bits per heavy atom. The molecule has 0 aliphatic carbocycles. The topological polar surface area (TPSA) is 79.7 Å². The zero-order valence-corrected chi connectivity index (χ0v) is 21.2. The van der Waals surface area contributed by atoms with Gasteiger partial charge in [0, 0.05) is 11.1 Å². The molecule has 2 aliphatic rings. The summed E-state index contributed by atoms with van der Waals surface area (Å²) >= 11 is 0. The molecule has 0 radical (unpaired) electrons. The molecule has 3 aromatic carbocycles. The molecule has 0 spiro atoms. The van der Waals surface area contributed by atoms with Gasteiger partial charge in [0.05, 0.1) is 26.5 Å². The van der Waals surface area contributed by atoms with Crippen molar-refractivity contribution in [3.05, 3.63) is 94.8 Å². The van der Waals surface area contributed by atoms with Gasteiger partial charge >= 0.3 is 0 Å². The van der Waals surface area contributed by atoms with E-state index in [0.29, 0.717) is 24.1 Å². The van der Waals surface area contributed by atoms with Gasteiger partial charge < -0.3 is 24.3 Å². The molecule has 3 heterocycles. The van der Waals surface area contributed by atoms with Crippen LogP contribution in [0, 0.1) is 6.92 Å². The number of aryl methyl sites for hydroxylation is 1. The van der Waals surface area contributed by atoms with E-state index in [0.717, 1.165) is 45.0 Å². The van der Waals surface area contributed by atoms with Gasteiger partial charge in [0.15, 0.2) is 11.5 Å². The quantitative estimate of drug-likeness (QED) is 0.374. The van der Waals surface area contributed by atoms with Crippen LogP contribution in [0.25, 0.3) is 5.70 Å². The molecule has 1 aromatic heterocycles. The van der Waals surface area contributed by atoms with E-state index in [1.807, 2.05) is 48.0 Å². The van der Waals surface area contributed by atoms with E-state index in [9.17, 15) is 0 Å². The Hall–Kier alpha value is -4.46. The van der Waals surface area contributed by atoms with Gasteiger partial charge in [-0.2, -0.15) is 10.1 Å². The van der Waals surface area contributed by atoms with E-state index in [4.69, 9.17) is 18.9 Å². The van der Waals surface area contributed by atoms with Crippen LogP contribution in [0.3, 0.4) is 0 Å². The van der Waals surface area contributed by atoms with Gasteiger partial charge in [-0.15, -0.1) is 0 Å². The summed E-state index contributed by atoms with van der Waals surface area (Å²) in [6.07, 6.45) is 1.20. The smallest absolute Gasteiger partial charge is 0.226 e. The first-order chi connectivity index (χ1) is 18.1. The van der Waals surface area contributed by atoms with Crippen LogP contribution in [0.2, 0.25) is 0 Å². The molecule has 0 unspecified atom stereocenters. The predicted molar refractivity (Wildman–Crippen MR) is 140 cm³/mol. The van der Waals surface area contributed by atoms with Crippen molar-refractivity contribution in [2.45, 2.75) is 26.0 Å². The number of methoxy groups -OCH3 is 2. The van der Waals surface area contributed by atoms with Gasteiger partial charge in [0.1, 0.15) is 30.0 Å². The number of benzene rings is 3. The molecule has 0 bridgehead atoms. The lowest BCUT2D eigenvalue weighted by Crippen LogP contribution is -2.32. The highest BCUT2D eigenvalue weighted by Crippen LogP contribution is 2.51. The van der Waals surface area contributed by atoms with E-state index in [1.54, 1.807) is 20.5 Å². The zero-order chi connectivity index (χ0) is 25.5. The summed E-state index contributed by atoms with van der Waals surface area (Å²) in [5, 5.41) is 8.16. The molecule has 8 nitrogen and oxygen atoms in total. The Kier molecular flexibility index (Phi) is 5.71. The van der Waals surface area contributed by atoms with Crippen molar-refractivity contribution in [1.29, 1.82) is 0 Å². The normalized spacial score (nSPS) is 17.6. The number of fused-ring (bicyclic) bond motifs is 3. The number of hydrogen-bond donors (Lipinski definition) is 1. The van der Waals surface area contributed by atoms with Crippen molar-refractivity contribution in [3.8, 4) is 23.0 Å². The highest BCUT2D eigenvalue weighted by molar-refractivity contribution is 5.85. The van der Waals surface area contributed by atoms with Crippen molar-refractivity contribution in [2.24, 2.45) is 0 Å². The minimum absolute atomic E-state index is 0.293. The monoisotopic (exact) mass is 496 g/mol. The number of ether oxygens (including phenoxy) is 4. The fourth-order valence-corrected chi connectivity index (χ4v) is 5.11. The van der Waals surface area contributed by atoms with Crippen LogP contribution in [0.5, 0.6) is 23.0 Å². The lowest BCUT2D eigenvalue weighted by atomic mass is 9.84. The maximum absolute atomic E-state index is 6.73. The van der Waals surface area contributed by atoms with Crippen molar-refractivity contribution in [3.63, 3.8) is 0 Å². The van der Waals surface area contributed by atoms with Gasteiger partial charge in [0.25, 0.3) is 0 Å². The third-order valence-electron chi connectivity index (χ3n) is 6.79. The number of aromatic nitrogens is 3. The van der Waals surface area contributed by atoms with Gasteiger partial charge in [-0.05, 0) is 61.4 Å². The molecule has 6 rings (SSSR count). The van der Waals surface area contributed by atoms with Crippen molar-refractivity contribution >= 4 is 11.6 Å². The van der Waals surface area contributed by atoms with Crippen LogP contribution in [0.4, 0.5) is 5.95 Å². The standard InChI is InChI=1S/C29H28N4O4/c1-5-36-20-10-7-18(8-11-20)28-25-26(21-14-17(2)6-12-22(21)37-28)32-29-30-16-31-33(29)27(25)19-9-13-23(34-3)24(15-19)35-4/h6-16,27-28H,5H2,1-4H3,(H,30,31,32)/t27-,28+/m1/s1. The van der Waals surface area contributed by atoms with Gasteiger partial charge in [0.2, 0.25) is 5.95 Å². The van der Waals surface area contributed by atoms with E-state index in [-0.39, 0.29) is 12.1 Å². The van der Waals surface area contributed by atoms with Crippen LogP contribution >= 0.6 is 0 Å². The van der Waals surface area contributed by atoms with Crippen molar-refractivity contribution < 1.29 is 18.9 Å². The molecule has 0 fully saturated rings. The number of nitrogens with one attached hydrogen (secondary N) is 1. The summed E-state index contributed by atoms with van der Waals surface area (Å²) in [7, 11) is 3.27. The molecule has 1 N–H and O–H groups in total. The number of nitrogens with zero attached hydrogens (tertiary/aromatic N) is 3. The summed E-state index contributed by atoms with van der Waals surface area (Å²) in [6, 6.07) is 20.0. The molecular formula is C29H28N4O4. The van der Waals surface area contributed by atoms with Gasteiger partial charge in [-0.25, -0.2) is 4.68 Å². The fraction of sp³-hybridized carbons (Fsp3) is 0.241. The highest BCUT2D eigenvalue weighted by atomic mass is 16.5. The van der Waals surface area contributed by atoms with Crippen LogP contribution in [0.1, 0.15) is 41.3 Å². The lowest BCUT2D eigenvalue weighted by molar-refractivity contribution is 0.222. The molecule has 0 saturated carbocycles. The average molecular weight is 497 g/mol. The van der Waals surface area contributed by atoms with Crippen LogP contribution in [-0.4, -0.2) is 35.6 Å². The SMILES string of the molecule is CCOc1ccc([C@@H]2Oc3ccc(C)cc3C3=C2[C@@H](c2ccc(OC)c(OC)c2)n2ncnc2N3)cc1. The largest absolute Gasteiger partial charge is 0.494 e.